The predicted molar refractivity (Wildman–Crippen MR) is 76.9 cm³/mol. The van der Waals surface area contributed by atoms with Gasteiger partial charge < -0.3 is 34.6 Å². The van der Waals surface area contributed by atoms with Crippen LogP contribution in [0.1, 0.15) is 15.9 Å². The van der Waals surface area contributed by atoms with Crippen molar-refractivity contribution in [3.63, 3.8) is 0 Å². The van der Waals surface area contributed by atoms with Crippen LogP contribution >= 0.6 is 0 Å². The molecule has 0 aliphatic carbocycles. The number of rotatable bonds is 4. The molecule has 5 atom stereocenters. The molecule has 0 bridgehead atoms. The fourth-order valence-electron chi connectivity index (χ4n) is 2.39. The summed E-state index contributed by atoms with van der Waals surface area (Å²) in [6.07, 6.45) is -7.05. The number of hydrogen-bond acceptors (Lipinski definition) is 8. The minimum Gasteiger partial charge on any atom is -0.465 e. The van der Waals surface area contributed by atoms with Crippen LogP contribution < -0.4 is 4.74 Å². The second-order valence-electron chi connectivity index (χ2n) is 5.25. The standard InChI is InChI=1S/C15H20O8.4Ac/c1-7-4-3-5-8(10(7)14(20)21-2)22-15-13(19)12(18)11(17)9(6-16)23-15;;;;/h3-5,9,11-13,15-19H,6H2,1-2H3;;;;/t9-,11?,12?,13?,15?;;;;/m1..../s1. The van der Waals surface area contributed by atoms with Gasteiger partial charge in [0, 0.05) is 176 Å². The van der Waals surface area contributed by atoms with Crippen molar-refractivity contribution in [3.05, 3.63) is 29.3 Å². The largest absolute Gasteiger partial charge is 0.465 e. The summed E-state index contributed by atoms with van der Waals surface area (Å²) in [4.78, 5) is 11.9. The summed E-state index contributed by atoms with van der Waals surface area (Å²) in [5.74, 6) is -0.524. The number of hydrogen-bond donors (Lipinski definition) is 4. The van der Waals surface area contributed by atoms with E-state index in [9.17, 15) is 20.1 Å². The molecular formula is C15H20Ac4O8. The SMILES string of the molecule is COC(=O)c1c(C)cccc1OC1O[C@H](CO)C(O)C(O)C1O.[Ac].[Ac].[Ac].[Ac]. The van der Waals surface area contributed by atoms with E-state index in [0.717, 1.165) is 0 Å². The molecule has 1 aliphatic heterocycles. The average molecular weight is 1240 g/mol. The van der Waals surface area contributed by atoms with Gasteiger partial charge in [0.15, 0.2) is 0 Å². The zero-order valence-corrected chi connectivity index (χ0v) is 34.0. The summed E-state index contributed by atoms with van der Waals surface area (Å²) in [6, 6.07) is 4.81. The van der Waals surface area contributed by atoms with Crippen LogP contribution in [0.4, 0.5) is 0 Å². The van der Waals surface area contributed by atoms with E-state index in [4.69, 9.17) is 19.3 Å². The predicted octanol–water partition coefficient (Wildman–Crippen LogP) is -1.04. The van der Waals surface area contributed by atoms with Crippen molar-refractivity contribution in [1.82, 2.24) is 0 Å². The summed E-state index contributed by atoms with van der Waals surface area (Å²) in [7, 11) is 1.23. The Balaban J connectivity index is -0.00000144. The van der Waals surface area contributed by atoms with E-state index < -0.39 is 43.3 Å². The number of benzene rings is 1. The van der Waals surface area contributed by atoms with Crippen molar-refractivity contribution in [2.45, 2.75) is 37.6 Å². The topological polar surface area (TPSA) is 126 Å². The van der Waals surface area contributed by atoms with E-state index in [1.165, 1.54) is 13.2 Å². The molecule has 0 spiro atoms. The molecule has 27 heavy (non-hydrogen) atoms. The Labute approximate surface area is 301 Å². The molecule has 1 saturated heterocycles. The summed E-state index contributed by atoms with van der Waals surface area (Å²) in [6.45, 7) is 1.12. The maximum Gasteiger partial charge on any atom is 0.341 e. The molecule has 1 aromatic carbocycles. The average Bonchev–Trinajstić information content (AvgIpc) is 2.54. The quantitative estimate of drug-likeness (QED) is 0.283. The number of carbonyl (C=O) groups is 1. The molecule has 1 heterocycles. The third kappa shape index (κ3) is 9.44. The van der Waals surface area contributed by atoms with Crippen LogP contribution in [0.25, 0.3) is 0 Å². The van der Waals surface area contributed by atoms with Crippen molar-refractivity contribution >= 4 is 5.97 Å². The normalized spacial score (nSPS) is 26.2. The van der Waals surface area contributed by atoms with E-state index in [2.05, 4.69) is 0 Å². The van der Waals surface area contributed by atoms with Gasteiger partial charge in [-0.15, -0.1) is 0 Å². The minimum atomic E-state index is -1.56. The van der Waals surface area contributed by atoms with E-state index in [0.29, 0.717) is 5.56 Å². The van der Waals surface area contributed by atoms with Gasteiger partial charge in [0.05, 0.1) is 13.7 Å². The van der Waals surface area contributed by atoms with Crippen molar-refractivity contribution in [1.29, 1.82) is 0 Å². The third-order valence-corrected chi connectivity index (χ3v) is 3.72. The van der Waals surface area contributed by atoms with Crippen molar-refractivity contribution < 1.29 is 216 Å². The first kappa shape index (κ1) is 35.6. The molecule has 0 saturated carbocycles. The molecule has 2 rings (SSSR count). The molecule has 8 nitrogen and oxygen atoms in total. The van der Waals surface area contributed by atoms with E-state index in [1.54, 1.807) is 19.1 Å². The van der Waals surface area contributed by atoms with Gasteiger partial charge in [-0.3, -0.25) is 0 Å². The smallest absolute Gasteiger partial charge is 0.341 e. The first-order chi connectivity index (χ1) is 10.9. The maximum atomic E-state index is 11.9. The van der Waals surface area contributed by atoms with Gasteiger partial charge in [0.25, 0.3) is 0 Å². The monoisotopic (exact) mass is 1240 g/mol. The van der Waals surface area contributed by atoms with E-state index in [-0.39, 0.29) is 188 Å². The second-order valence-corrected chi connectivity index (χ2v) is 5.25. The number of aliphatic hydroxyl groups is 4. The molecule has 1 fully saturated rings. The van der Waals surface area contributed by atoms with Crippen LogP contribution in [0.5, 0.6) is 5.75 Å². The summed E-state index contributed by atoms with van der Waals surface area (Å²) in [5.41, 5.74) is 0.755. The van der Waals surface area contributed by atoms with Gasteiger partial charge in [-0.2, -0.15) is 0 Å². The Morgan fingerprint density at radius 3 is 2.19 bits per heavy atom. The first-order valence-corrected chi connectivity index (χ1v) is 7.05. The number of carbonyl (C=O) groups excluding carboxylic acids is 1. The van der Waals surface area contributed by atoms with Crippen molar-refractivity contribution in [2.24, 2.45) is 0 Å². The zero-order valence-electron chi connectivity index (χ0n) is 15.1. The minimum absolute atomic E-state index is 0. The van der Waals surface area contributed by atoms with Crippen LogP contribution in [-0.4, -0.2) is 70.8 Å². The van der Waals surface area contributed by atoms with Gasteiger partial charge in [-0.05, 0) is 18.6 Å². The van der Waals surface area contributed by atoms with Crippen LogP contribution in [0.2, 0.25) is 0 Å². The number of esters is 1. The van der Waals surface area contributed by atoms with Gasteiger partial charge in [0.1, 0.15) is 35.7 Å². The van der Waals surface area contributed by atoms with Gasteiger partial charge in [0.2, 0.25) is 6.29 Å². The van der Waals surface area contributed by atoms with Gasteiger partial charge in [-0.25, -0.2) is 4.79 Å². The molecule has 0 amide bonds. The summed E-state index contributed by atoms with van der Waals surface area (Å²) in [5, 5.41) is 38.7. The molecule has 1 aliphatic rings. The molecule has 12 heteroatoms. The van der Waals surface area contributed by atoms with Gasteiger partial charge in [-0.1, -0.05) is 12.1 Å². The van der Waals surface area contributed by atoms with Crippen molar-refractivity contribution in [2.75, 3.05) is 13.7 Å². The number of aryl methyl sites for hydroxylation is 1. The molecule has 4 unspecified atom stereocenters. The zero-order chi connectivity index (χ0) is 17.1. The third-order valence-electron chi connectivity index (χ3n) is 3.72. The van der Waals surface area contributed by atoms with E-state index in [1.807, 2.05) is 0 Å². The Hall–Kier alpha value is 4.06. The Morgan fingerprint density at radius 2 is 1.67 bits per heavy atom. The number of ether oxygens (including phenoxy) is 3. The summed E-state index contributed by atoms with van der Waals surface area (Å²) >= 11 is 0. The molecule has 0 aromatic heterocycles. The Morgan fingerprint density at radius 1 is 1.07 bits per heavy atom. The van der Waals surface area contributed by atoms with E-state index >= 15 is 0 Å². The Kier molecular flexibility index (Phi) is 23.1. The van der Waals surface area contributed by atoms with Crippen LogP contribution in [0.15, 0.2) is 18.2 Å². The number of aliphatic hydroxyl groups excluding tert-OH is 4. The molecule has 1 aromatic rings. The second kappa shape index (κ2) is 17.5. The fourth-order valence-corrected chi connectivity index (χ4v) is 2.39. The number of methoxy groups -OCH3 is 1. The molecule has 4 N–H and O–H groups in total. The van der Waals surface area contributed by atoms with Crippen LogP contribution in [0.3, 0.4) is 0 Å². The van der Waals surface area contributed by atoms with Crippen molar-refractivity contribution in [3.8, 4) is 5.75 Å². The Bertz CT molecular complexity index is 575. The molecule has 140 valence electrons. The fraction of sp³-hybridized carbons (Fsp3) is 0.533. The van der Waals surface area contributed by atoms with Crippen LogP contribution in [0, 0.1) is 183 Å². The molecule has 4 radical (unpaired) electrons. The first-order valence-electron chi connectivity index (χ1n) is 7.05. The van der Waals surface area contributed by atoms with Gasteiger partial charge >= 0.3 is 5.97 Å². The summed E-state index contributed by atoms with van der Waals surface area (Å²) < 4.78 is 15.5. The molecular weight excluding hydrogens is 1220 g/mol. The van der Waals surface area contributed by atoms with Crippen LogP contribution in [-0.2, 0) is 9.47 Å². The maximum absolute atomic E-state index is 11.9.